The lowest BCUT2D eigenvalue weighted by Gasteiger charge is -2.41. The monoisotopic (exact) mass is 604 g/mol. The molecule has 3 aliphatic rings. The molecule has 3 aliphatic carbocycles. The van der Waals surface area contributed by atoms with E-state index in [9.17, 15) is 4.79 Å². The smallest absolute Gasteiger partial charge is 0.305 e. The summed E-state index contributed by atoms with van der Waals surface area (Å²) in [5.74, 6) is 2.38. The highest BCUT2D eigenvalue weighted by Crippen LogP contribution is 2.53. The predicted molar refractivity (Wildman–Crippen MR) is 178 cm³/mol. The van der Waals surface area contributed by atoms with E-state index in [1.165, 1.54) is 44.9 Å². The zero-order chi connectivity index (χ0) is 30.6. The minimum Gasteiger partial charge on any atom is -0.466 e. The van der Waals surface area contributed by atoms with E-state index in [4.69, 9.17) is 13.6 Å². The third-order valence-electron chi connectivity index (χ3n) is 11.3. The predicted octanol–water partition coefficient (Wildman–Crippen LogP) is 10.2. The first-order valence-corrected chi connectivity index (χ1v) is 22.6. The van der Waals surface area contributed by atoms with Crippen molar-refractivity contribution in [3.8, 4) is 0 Å². The van der Waals surface area contributed by atoms with Crippen LogP contribution in [0.1, 0.15) is 113 Å². The zero-order valence-corrected chi connectivity index (χ0v) is 30.6. The Balaban J connectivity index is 1.80. The minimum atomic E-state index is -1.88. The fourth-order valence-corrected chi connectivity index (χ4v) is 9.38. The Kier molecular flexibility index (Phi) is 11.8. The number of rotatable bonds is 12. The van der Waals surface area contributed by atoms with Gasteiger partial charge >= 0.3 is 5.97 Å². The van der Waals surface area contributed by atoms with Crippen molar-refractivity contribution in [3.05, 3.63) is 23.8 Å². The number of allylic oxidation sites excluding steroid dienone is 2. The molecule has 6 heteroatoms. The summed E-state index contributed by atoms with van der Waals surface area (Å²) in [5.41, 5.74) is 1.60. The van der Waals surface area contributed by atoms with Crippen LogP contribution in [0.3, 0.4) is 0 Å². The maximum Gasteiger partial charge on any atom is 0.305 e. The molecule has 0 N–H and O–H groups in total. The molecule has 0 aliphatic heterocycles. The van der Waals surface area contributed by atoms with Crippen LogP contribution in [0.2, 0.25) is 36.3 Å². The number of esters is 1. The maximum absolute atomic E-state index is 11.8. The van der Waals surface area contributed by atoms with E-state index in [1.807, 2.05) is 6.92 Å². The molecule has 0 saturated heterocycles. The molecular weight excluding hydrogens is 541 g/mol. The maximum atomic E-state index is 11.8. The Labute approximate surface area is 255 Å². The number of ether oxygens (including phenoxy) is 1. The Hall–Kier alpha value is -0.696. The molecule has 0 aromatic heterocycles. The van der Waals surface area contributed by atoms with E-state index in [1.54, 1.807) is 5.57 Å². The minimum absolute atomic E-state index is 0.0678. The Bertz CT molecular complexity index is 917. The largest absolute Gasteiger partial charge is 0.466 e. The van der Waals surface area contributed by atoms with E-state index in [0.29, 0.717) is 42.8 Å². The van der Waals surface area contributed by atoms with Crippen molar-refractivity contribution in [2.24, 2.45) is 23.7 Å². The van der Waals surface area contributed by atoms with Crippen LogP contribution in [-0.4, -0.2) is 41.4 Å². The summed E-state index contributed by atoms with van der Waals surface area (Å²) in [7, 11) is -3.76. The molecule has 0 radical (unpaired) electrons. The van der Waals surface area contributed by atoms with Crippen LogP contribution < -0.4 is 0 Å². The summed E-state index contributed by atoms with van der Waals surface area (Å²) in [6.45, 7) is 26.2. The summed E-state index contributed by atoms with van der Waals surface area (Å²) in [6.07, 6.45) is 19.2. The van der Waals surface area contributed by atoms with Crippen LogP contribution in [0, 0.1) is 23.7 Å². The first-order chi connectivity index (χ1) is 18.9. The number of unbranched alkanes of at least 4 members (excludes halogenated alkanes) is 1. The van der Waals surface area contributed by atoms with Crippen molar-refractivity contribution in [2.75, 3.05) is 6.61 Å². The molecule has 4 nitrogen and oxygen atoms in total. The van der Waals surface area contributed by atoms with Gasteiger partial charge in [-0.05, 0) is 106 Å². The van der Waals surface area contributed by atoms with Gasteiger partial charge in [-0.15, -0.1) is 0 Å². The van der Waals surface area contributed by atoms with Crippen molar-refractivity contribution < 1.29 is 18.4 Å². The van der Waals surface area contributed by atoms with Crippen molar-refractivity contribution in [2.45, 2.75) is 161 Å². The second-order valence-electron chi connectivity index (χ2n) is 16.4. The number of fused-ring (bicyclic) bond motifs is 1. The molecule has 3 rings (SSSR count). The highest BCUT2D eigenvalue weighted by molar-refractivity contribution is 6.74. The molecule has 236 valence electrons. The van der Waals surface area contributed by atoms with E-state index in [2.05, 4.69) is 86.0 Å². The van der Waals surface area contributed by atoms with E-state index in [-0.39, 0.29) is 22.1 Å². The lowest BCUT2D eigenvalue weighted by atomic mass is 9.89. The van der Waals surface area contributed by atoms with Crippen LogP contribution in [0.5, 0.6) is 0 Å². The van der Waals surface area contributed by atoms with Gasteiger partial charge in [-0.2, -0.15) is 0 Å². The average molecular weight is 605 g/mol. The highest BCUT2D eigenvalue weighted by Gasteiger charge is 2.50. The Morgan fingerprint density at radius 2 is 1.61 bits per heavy atom. The molecule has 5 atom stereocenters. The van der Waals surface area contributed by atoms with Crippen LogP contribution in [0.25, 0.3) is 0 Å². The Morgan fingerprint density at radius 1 is 0.976 bits per heavy atom. The zero-order valence-electron chi connectivity index (χ0n) is 28.6. The summed E-state index contributed by atoms with van der Waals surface area (Å²) in [4.78, 5) is 11.8. The van der Waals surface area contributed by atoms with Gasteiger partial charge in [0.05, 0.1) is 18.8 Å². The fraction of sp³-hybridized carbons (Fsp3) is 0.857. The van der Waals surface area contributed by atoms with E-state index >= 15 is 0 Å². The molecule has 3 fully saturated rings. The number of carbonyl (C=O) groups excluding carboxylic acids is 1. The standard InChI is InChI=1S/C35H64O4Si2/c1-12-37-33(36)20-16-13-17-26-23-28-25-32(39-41(10,11)35(5,6)7)29(30(28)24-26)21-22-31(27-18-14-15-19-27)38-40(8,9)34(2,3)4/h17,21-22,27-32H,12-16,18-20,23-25H2,1-11H3/b22-21-,26-17+/t28-,29-,30-,31+,32+/m0/s1. The van der Waals surface area contributed by atoms with E-state index < -0.39 is 16.6 Å². The average Bonchev–Trinajstić information content (AvgIpc) is 3.56. The molecule has 0 amide bonds. The van der Waals surface area contributed by atoms with Crippen LogP contribution in [0.4, 0.5) is 0 Å². The summed E-state index contributed by atoms with van der Waals surface area (Å²) in [5, 5.41) is 0.420. The molecule has 0 aromatic carbocycles. The van der Waals surface area contributed by atoms with Gasteiger partial charge < -0.3 is 13.6 Å². The van der Waals surface area contributed by atoms with Crippen LogP contribution in [0.15, 0.2) is 23.8 Å². The molecule has 0 heterocycles. The van der Waals surface area contributed by atoms with Gasteiger partial charge in [0.2, 0.25) is 0 Å². The lowest BCUT2D eigenvalue weighted by Crippen LogP contribution is -2.45. The molecule has 0 aromatic rings. The highest BCUT2D eigenvalue weighted by atomic mass is 28.4. The number of hydrogen-bond donors (Lipinski definition) is 0. The van der Waals surface area contributed by atoms with Gasteiger partial charge in [0, 0.05) is 12.3 Å². The fourth-order valence-electron chi connectivity index (χ4n) is 6.71. The molecule has 0 spiro atoms. The molecule has 3 saturated carbocycles. The molecular formula is C35H64O4Si2. The van der Waals surface area contributed by atoms with Gasteiger partial charge in [0.15, 0.2) is 16.6 Å². The number of carbonyl (C=O) groups is 1. The van der Waals surface area contributed by atoms with Crippen molar-refractivity contribution in [1.29, 1.82) is 0 Å². The van der Waals surface area contributed by atoms with Gasteiger partial charge in [-0.3, -0.25) is 4.79 Å². The van der Waals surface area contributed by atoms with Gasteiger partial charge in [-0.25, -0.2) is 0 Å². The normalized spacial score (nSPS) is 28.1. The van der Waals surface area contributed by atoms with Crippen molar-refractivity contribution >= 4 is 22.6 Å². The lowest BCUT2D eigenvalue weighted by molar-refractivity contribution is -0.143. The summed E-state index contributed by atoms with van der Waals surface area (Å²) < 4.78 is 19.4. The van der Waals surface area contributed by atoms with Gasteiger partial charge in [-0.1, -0.05) is 78.2 Å². The Morgan fingerprint density at radius 3 is 2.20 bits per heavy atom. The quantitative estimate of drug-likeness (QED) is 0.0962. The molecule has 41 heavy (non-hydrogen) atoms. The van der Waals surface area contributed by atoms with Crippen LogP contribution in [-0.2, 0) is 18.4 Å². The molecule has 0 bridgehead atoms. The van der Waals surface area contributed by atoms with Crippen molar-refractivity contribution in [3.63, 3.8) is 0 Å². The SMILES string of the molecule is CCOC(=O)CCC/C=C1\C[C@H]2C[C@@H](O[Si](C)(C)C(C)(C)C)[C@@H](/C=C\[C@@H](O[Si](C)(C)C(C)(C)C)C3CCCC3)[C@H]2C1. The first kappa shape index (κ1) is 34.8. The topological polar surface area (TPSA) is 44.8 Å². The van der Waals surface area contributed by atoms with E-state index in [0.717, 1.165) is 12.8 Å². The summed E-state index contributed by atoms with van der Waals surface area (Å²) >= 11 is 0. The first-order valence-electron chi connectivity index (χ1n) is 16.8. The third-order valence-corrected chi connectivity index (χ3v) is 20.3. The second-order valence-corrected chi connectivity index (χ2v) is 25.9. The van der Waals surface area contributed by atoms with Gasteiger partial charge in [0.1, 0.15) is 0 Å². The second kappa shape index (κ2) is 13.9. The molecule has 0 unspecified atom stereocenters. The van der Waals surface area contributed by atoms with Gasteiger partial charge in [0.25, 0.3) is 0 Å². The summed E-state index contributed by atoms with van der Waals surface area (Å²) in [6, 6.07) is 0. The number of hydrogen-bond acceptors (Lipinski definition) is 4. The van der Waals surface area contributed by atoms with Crippen LogP contribution >= 0.6 is 0 Å². The van der Waals surface area contributed by atoms with Crippen molar-refractivity contribution in [1.82, 2.24) is 0 Å². The third kappa shape index (κ3) is 9.15.